The van der Waals surface area contributed by atoms with Crippen LogP contribution in [0, 0.1) is 12.3 Å². The first-order chi connectivity index (χ1) is 12.7. The van der Waals surface area contributed by atoms with Crippen LogP contribution < -0.4 is 11.1 Å². The summed E-state index contributed by atoms with van der Waals surface area (Å²) >= 11 is 6.10. The number of anilines is 1. The second kappa shape index (κ2) is 7.37. The van der Waals surface area contributed by atoms with Crippen LogP contribution in [0.25, 0.3) is 0 Å². The van der Waals surface area contributed by atoms with Gasteiger partial charge in [0.2, 0.25) is 0 Å². The fourth-order valence-electron chi connectivity index (χ4n) is 3.33. The highest BCUT2D eigenvalue weighted by Crippen LogP contribution is 2.30. The molecular weight excluding hydrogens is 366 g/mol. The van der Waals surface area contributed by atoms with Gasteiger partial charge in [0.05, 0.1) is 23.1 Å². The molecule has 0 radical (unpaired) electrons. The lowest BCUT2D eigenvalue weighted by molar-refractivity contribution is 0.0534. The predicted molar refractivity (Wildman–Crippen MR) is 105 cm³/mol. The molecule has 1 aliphatic heterocycles. The standard InChI is InChI=1S/C20H24ClN3O3/c1-12-14(7-9-27-12)18(25)23-16-10-13(21)4-5-15(16)19(26)24-8-6-17(22)20(2,3)11-24/h4-5,7,9-10,17H,6,8,11,22H2,1-3H3,(H,23,25). The van der Waals surface area contributed by atoms with E-state index in [4.69, 9.17) is 21.8 Å². The number of nitrogens with zero attached hydrogens (tertiary/aromatic N) is 1. The van der Waals surface area contributed by atoms with Gasteiger partial charge in [-0.15, -0.1) is 0 Å². The van der Waals surface area contributed by atoms with E-state index in [0.29, 0.717) is 40.7 Å². The molecule has 0 bridgehead atoms. The number of halogens is 1. The Morgan fingerprint density at radius 1 is 1.30 bits per heavy atom. The van der Waals surface area contributed by atoms with Crippen molar-refractivity contribution in [2.75, 3.05) is 18.4 Å². The van der Waals surface area contributed by atoms with Crippen LogP contribution in [0.4, 0.5) is 5.69 Å². The summed E-state index contributed by atoms with van der Waals surface area (Å²) in [7, 11) is 0. The lowest BCUT2D eigenvalue weighted by atomic mass is 9.79. The molecule has 0 aliphatic carbocycles. The second-order valence-corrected chi connectivity index (χ2v) is 8.08. The molecule has 2 heterocycles. The monoisotopic (exact) mass is 389 g/mol. The molecule has 1 fully saturated rings. The molecule has 2 aromatic rings. The summed E-state index contributed by atoms with van der Waals surface area (Å²) in [5.41, 5.74) is 7.21. The van der Waals surface area contributed by atoms with E-state index in [1.807, 2.05) is 0 Å². The maximum absolute atomic E-state index is 13.1. The molecule has 1 aliphatic rings. The van der Waals surface area contributed by atoms with Crippen molar-refractivity contribution in [3.05, 3.63) is 52.4 Å². The van der Waals surface area contributed by atoms with Gasteiger partial charge in [-0.05, 0) is 43.0 Å². The zero-order valence-electron chi connectivity index (χ0n) is 15.7. The van der Waals surface area contributed by atoms with Crippen molar-refractivity contribution in [3.63, 3.8) is 0 Å². The van der Waals surface area contributed by atoms with Crippen LogP contribution in [-0.4, -0.2) is 35.8 Å². The average Bonchev–Trinajstić information content (AvgIpc) is 3.03. The molecule has 7 heteroatoms. The number of likely N-dealkylation sites (tertiary alicyclic amines) is 1. The fourth-order valence-corrected chi connectivity index (χ4v) is 3.51. The minimum Gasteiger partial charge on any atom is -0.469 e. The Bertz CT molecular complexity index is 875. The maximum Gasteiger partial charge on any atom is 0.259 e. The summed E-state index contributed by atoms with van der Waals surface area (Å²) in [6, 6.07) is 6.52. The third kappa shape index (κ3) is 4.01. The third-order valence-corrected chi connectivity index (χ3v) is 5.40. The van der Waals surface area contributed by atoms with Crippen LogP contribution in [0.1, 0.15) is 46.7 Å². The summed E-state index contributed by atoms with van der Waals surface area (Å²) in [5.74, 6) is 0.0126. The smallest absolute Gasteiger partial charge is 0.259 e. The van der Waals surface area contributed by atoms with Gasteiger partial charge in [0, 0.05) is 24.2 Å². The Kier molecular flexibility index (Phi) is 5.31. The highest BCUT2D eigenvalue weighted by Gasteiger charge is 2.36. The molecule has 0 saturated carbocycles. The molecule has 2 amide bonds. The van der Waals surface area contributed by atoms with E-state index in [9.17, 15) is 9.59 Å². The lowest BCUT2D eigenvalue weighted by Crippen LogP contribution is -2.54. The summed E-state index contributed by atoms with van der Waals surface area (Å²) < 4.78 is 5.18. The number of rotatable bonds is 3. The number of nitrogens with two attached hydrogens (primary N) is 1. The van der Waals surface area contributed by atoms with Crippen molar-refractivity contribution in [1.29, 1.82) is 0 Å². The molecule has 3 N–H and O–H groups in total. The summed E-state index contributed by atoms with van der Waals surface area (Å²) in [5, 5.41) is 3.23. The van der Waals surface area contributed by atoms with Gasteiger partial charge >= 0.3 is 0 Å². The van der Waals surface area contributed by atoms with Crippen molar-refractivity contribution in [2.45, 2.75) is 33.2 Å². The van der Waals surface area contributed by atoms with Gasteiger partial charge in [0.1, 0.15) is 5.76 Å². The average molecular weight is 390 g/mol. The van der Waals surface area contributed by atoms with E-state index in [0.717, 1.165) is 6.42 Å². The Morgan fingerprint density at radius 2 is 2.04 bits per heavy atom. The Labute approximate surface area is 163 Å². The van der Waals surface area contributed by atoms with Crippen LogP contribution >= 0.6 is 11.6 Å². The van der Waals surface area contributed by atoms with Gasteiger partial charge in [-0.1, -0.05) is 25.4 Å². The third-order valence-electron chi connectivity index (χ3n) is 5.16. The maximum atomic E-state index is 13.1. The number of piperidine rings is 1. The van der Waals surface area contributed by atoms with Gasteiger partial charge in [-0.2, -0.15) is 0 Å². The van der Waals surface area contributed by atoms with E-state index < -0.39 is 0 Å². The van der Waals surface area contributed by atoms with Gasteiger partial charge in [0.15, 0.2) is 0 Å². The lowest BCUT2D eigenvalue weighted by Gasteiger charge is -2.42. The molecule has 1 aromatic carbocycles. The molecule has 6 nitrogen and oxygen atoms in total. The summed E-state index contributed by atoms with van der Waals surface area (Å²) in [6.45, 7) is 6.97. The molecule has 1 saturated heterocycles. The summed E-state index contributed by atoms with van der Waals surface area (Å²) in [6.07, 6.45) is 2.19. The van der Waals surface area contributed by atoms with Crippen molar-refractivity contribution in [2.24, 2.45) is 11.1 Å². The number of hydrogen-bond acceptors (Lipinski definition) is 4. The highest BCUT2D eigenvalue weighted by atomic mass is 35.5. The van der Waals surface area contributed by atoms with Crippen LogP contribution in [0.5, 0.6) is 0 Å². The van der Waals surface area contributed by atoms with Crippen LogP contribution in [-0.2, 0) is 0 Å². The largest absolute Gasteiger partial charge is 0.469 e. The van der Waals surface area contributed by atoms with Gasteiger partial charge < -0.3 is 20.4 Å². The molecule has 0 spiro atoms. The Morgan fingerprint density at radius 3 is 2.67 bits per heavy atom. The number of furan rings is 1. The second-order valence-electron chi connectivity index (χ2n) is 7.64. The topological polar surface area (TPSA) is 88.6 Å². The summed E-state index contributed by atoms with van der Waals surface area (Å²) in [4.78, 5) is 27.5. The molecule has 3 rings (SSSR count). The first kappa shape index (κ1) is 19.5. The van der Waals surface area contributed by atoms with E-state index in [2.05, 4.69) is 19.2 Å². The van der Waals surface area contributed by atoms with E-state index in [-0.39, 0.29) is 23.3 Å². The van der Waals surface area contributed by atoms with E-state index >= 15 is 0 Å². The quantitative estimate of drug-likeness (QED) is 0.837. The number of amides is 2. The number of benzene rings is 1. The highest BCUT2D eigenvalue weighted by molar-refractivity contribution is 6.31. The zero-order chi connectivity index (χ0) is 19.8. The molecule has 27 heavy (non-hydrogen) atoms. The molecule has 1 aromatic heterocycles. The van der Waals surface area contributed by atoms with Gasteiger partial charge in [-0.3, -0.25) is 9.59 Å². The number of hydrogen-bond donors (Lipinski definition) is 2. The van der Waals surface area contributed by atoms with Gasteiger partial charge in [0.25, 0.3) is 11.8 Å². The van der Waals surface area contributed by atoms with Crippen LogP contribution in [0.15, 0.2) is 34.9 Å². The molecule has 1 unspecified atom stereocenters. The minimum atomic E-state index is -0.349. The number of aryl methyl sites for hydroxylation is 1. The first-order valence-corrected chi connectivity index (χ1v) is 9.26. The van der Waals surface area contributed by atoms with E-state index in [1.54, 1.807) is 36.1 Å². The van der Waals surface area contributed by atoms with E-state index in [1.165, 1.54) is 6.26 Å². The number of carbonyl (C=O) groups excluding carboxylic acids is 2. The van der Waals surface area contributed by atoms with Crippen molar-refractivity contribution in [3.8, 4) is 0 Å². The number of nitrogens with one attached hydrogen (secondary N) is 1. The van der Waals surface area contributed by atoms with Crippen LogP contribution in [0.3, 0.4) is 0 Å². The zero-order valence-corrected chi connectivity index (χ0v) is 16.5. The van der Waals surface area contributed by atoms with Crippen molar-refractivity contribution >= 4 is 29.1 Å². The fraction of sp³-hybridized carbons (Fsp3) is 0.400. The minimum absolute atomic E-state index is 0.0509. The van der Waals surface area contributed by atoms with Crippen LogP contribution in [0.2, 0.25) is 5.02 Å². The predicted octanol–water partition coefficient (Wildman–Crippen LogP) is 3.69. The molecule has 144 valence electrons. The molecular formula is C20H24ClN3O3. The molecule has 1 atom stereocenters. The first-order valence-electron chi connectivity index (χ1n) is 8.89. The Balaban J connectivity index is 1.87. The number of carbonyl (C=O) groups is 2. The van der Waals surface area contributed by atoms with Crippen molar-refractivity contribution < 1.29 is 14.0 Å². The normalized spacial score (nSPS) is 19.0. The van der Waals surface area contributed by atoms with Gasteiger partial charge in [-0.25, -0.2) is 0 Å². The Hall–Kier alpha value is -2.31. The SMILES string of the molecule is Cc1occc1C(=O)Nc1cc(Cl)ccc1C(=O)N1CCC(N)C(C)(C)C1. The van der Waals surface area contributed by atoms with Crippen molar-refractivity contribution in [1.82, 2.24) is 4.90 Å².